The van der Waals surface area contributed by atoms with Gasteiger partial charge < -0.3 is 9.64 Å². The molecule has 1 saturated heterocycles. The number of nitrogens with zero attached hydrogens (tertiary/aromatic N) is 1. The monoisotopic (exact) mass is 447 g/mol. The van der Waals surface area contributed by atoms with E-state index in [-0.39, 0.29) is 11.7 Å². The van der Waals surface area contributed by atoms with E-state index in [9.17, 15) is 9.59 Å². The number of carbonyl (C=O) groups excluding carboxylic acids is 2. The van der Waals surface area contributed by atoms with Crippen molar-refractivity contribution in [2.75, 3.05) is 13.1 Å². The van der Waals surface area contributed by atoms with Gasteiger partial charge in [-0.05, 0) is 48.9 Å². The van der Waals surface area contributed by atoms with E-state index in [1.54, 1.807) is 6.07 Å². The number of benzene rings is 2. The molecule has 2 aliphatic rings. The maximum absolute atomic E-state index is 12.7. The number of carbonyl (C=O) groups is 2. The van der Waals surface area contributed by atoms with Crippen molar-refractivity contribution in [2.24, 2.45) is 0 Å². The lowest BCUT2D eigenvalue weighted by Crippen LogP contribution is -2.52. The molecule has 2 aliphatic heterocycles. The summed E-state index contributed by atoms with van der Waals surface area (Å²) in [5, 5.41) is 0.550. The Morgan fingerprint density at radius 1 is 1.19 bits per heavy atom. The lowest BCUT2D eigenvalue weighted by Gasteiger charge is -2.44. The van der Waals surface area contributed by atoms with E-state index in [1.165, 1.54) is 0 Å². The van der Waals surface area contributed by atoms with Crippen LogP contribution in [0, 0.1) is 6.92 Å². The molecule has 0 aromatic heterocycles. The summed E-state index contributed by atoms with van der Waals surface area (Å²) in [5.74, 6) is 0.723. The van der Waals surface area contributed by atoms with Gasteiger partial charge in [0, 0.05) is 41.0 Å². The Bertz CT molecular complexity index is 918. The third-order valence-electron chi connectivity index (χ3n) is 5.39. The highest BCUT2D eigenvalue weighted by atomic mass is 79.9. The molecule has 1 amide bonds. The smallest absolute Gasteiger partial charge is 0.253 e. The second kappa shape index (κ2) is 6.95. The Morgan fingerprint density at radius 2 is 1.85 bits per heavy atom. The number of hydrogen-bond donors (Lipinski definition) is 0. The van der Waals surface area contributed by atoms with Crippen LogP contribution in [0.4, 0.5) is 0 Å². The maximum Gasteiger partial charge on any atom is 0.253 e. The van der Waals surface area contributed by atoms with Gasteiger partial charge in [-0.25, -0.2) is 0 Å². The second-order valence-electron chi connectivity index (χ2n) is 7.28. The van der Waals surface area contributed by atoms with Crippen LogP contribution in [0.3, 0.4) is 0 Å². The van der Waals surface area contributed by atoms with E-state index in [0.717, 1.165) is 10.0 Å². The predicted molar refractivity (Wildman–Crippen MR) is 108 cm³/mol. The van der Waals surface area contributed by atoms with Gasteiger partial charge in [0.15, 0.2) is 5.78 Å². The highest BCUT2D eigenvalue weighted by Gasteiger charge is 2.44. The van der Waals surface area contributed by atoms with Crippen LogP contribution in [0.2, 0.25) is 5.02 Å². The van der Waals surface area contributed by atoms with Gasteiger partial charge in [-0.2, -0.15) is 0 Å². The molecular formula is C21H19BrClNO3. The fourth-order valence-corrected chi connectivity index (χ4v) is 4.42. The summed E-state index contributed by atoms with van der Waals surface area (Å²) in [6.07, 6.45) is 1.62. The van der Waals surface area contributed by atoms with Crippen LogP contribution >= 0.6 is 27.5 Å². The Kier molecular flexibility index (Phi) is 4.77. The van der Waals surface area contributed by atoms with Crippen molar-refractivity contribution in [3.8, 4) is 5.75 Å². The Morgan fingerprint density at radius 3 is 2.52 bits per heavy atom. The predicted octanol–water partition coefficient (Wildman–Crippen LogP) is 5.05. The first-order valence-corrected chi connectivity index (χ1v) is 10.1. The summed E-state index contributed by atoms with van der Waals surface area (Å²) in [6.45, 7) is 3.05. The van der Waals surface area contributed by atoms with Crippen LogP contribution in [0.1, 0.15) is 45.5 Å². The van der Waals surface area contributed by atoms with E-state index in [4.69, 9.17) is 16.3 Å². The molecule has 0 N–H and O–H groups in total. The van der Waals surface area contributed by atoms with Crippen LogP contribution in [0.5, 0.6) is 5.75 Å². The van der Waals surface area contributed by atoms with Gasteiger partial charge in [0.1, 0.15) is 11.4 Å². The summed E-state index contributed by atoms with van der Waals surface area (Å²) in [6, 6.07) is 10.9. The van der Waals surface area contributed by atoms with Crippen molar-refractivity contribution in [3.05, 3.63) is 62.6 Å². The molecule has 4 nitrogen and oxygen atoms in total. The third-order valence-corrected chi connectivity index (χ3v) is 6.14. The number of ether oxygens (including phenoxy) is 1. The minimum Gasteiger partial charge on any atom is -0.486 e. The Hall–Kier alpha value is -1.85. The fourth-order valence-electron chi connectivity index (χ4n) is 3.88. The normalized spacial score (nSPS) is 18.2. The molecule has 0 atom stereocenters. The number of hydrogen-bond acceptors (Lipinski definition) is 3. The van der Waals surface area contributed by atoms with E-state index < -0.39 is 5.60 Å². The van der Waals surface area contributed by atoms with Gasteiger partial charge in [0.2, 0.25) is 0 Å². The standard InChI is InChI=1S/C21H19BrClNO3/c1-13-10-16(23)11-17-18(25)12-21(27-19(13)17)6-8-24(9-7-21)20(26)14-2-4-15(22)5-3-14/h2-5,10-11H,6-9,12H2,1H3. The molecule has 0 bridgehead atoms. The Balaban J connectivity index is 1.51. The SMILES string of the molecule is Cc1cc(Cl)cc2c1OC1(CCN(C(=O)c3ccc(Br)cc3)CC1)CC2=O. The molecule has 4 rings (SSSR count). The molecule has 1 spiro atoms. The van der Waals surface area contributed by atoms with E-state index in [2.05, 4.69) is 15.9 Å². The first kappa shape index (κ1) is 18.5. The summed E-state index contributed by atoms with van der Waals surface area (Å²) < 4.78 is 7.29. The Labute approximate surface area is 171 Å². The van der Waals surface area contributed by atoms with Crippen molar-refractivity contribution in [3.63, 3.8) is 0 Å². The molecule has 2 heterocycles. The maximum atomic E-state index is 12.7. The minimum absolute atomic E-state index is 0.0165. The first-order chi connectivity index (χ1) is 12.9. The number of ketones is 1. The molecule has 140 valence electrons. The quantitative estimate of drug-likeness (QED) is 0.613. The number of rotatable bonds is 1. The summed E-state index contributed by atoms with van der Waals surface area (Å²) >= 11 is 9.48. The van der Waals surface area contributed by atoms with Crippen LogP contribution in [-0.4, -0.2) is 35.3 Å². The highest BCUT2D eigenvalue weighted by Crippen LogP contribution is 2.42. The average molecular weight is 449 g/mol. The number of fused-ring (bicyclic) bond motifs is 1. The molecule has 0 radical (unpaired) electrons. The van der Waals surface area contributed by atoms with Gasteiger partial charge in [-0.3, -0.25) is 9.59 Å². The van der Waals surface area contributed by atoms with Crippen molar-refractivity contribution < 1.29 is 14.3 Å². The zero-order valence-corrected chi connectivity index (χ0v) is 17.3. The second-order valence-corrected chi connectivity index (χ2v) is 8.64. The first-order valence-electron chi connectivity index (χ1n) is 8.94. The molecule has 0 unspecified atom stereocenters. The highest BCUT2D eigenvalue weighted by molar-refractivity contribution is 9.10. The van der Waals surface area contributed by atoms with Gasteiger partial charge in [-0.1, -0.05) is 27.5 Å². The zero-order valence-electron chi connectivity index (χ0n) is 14.9. The van der Waals surface area contributed by atoms with Crippen LogP contribution in [0.25, 0.3) is 0 Å². The van der Waals surface area contributed by atoms with Crippen LogP contribution in [-0.2, 0) is 0 Å². The number of likely N-dealkylation sites (tertiary alicyclic amines) is 1. The van der Waals surface area contributed by atoms with E-state index in [1.807, 2.05) is 42.2 Å². The number of piperidine rings is 1. The van der Waals surface area contributed by atoms with Gasteiger partial charge >= 0.3 is 0 Å². The molecule has 2 aromatic rings. The largest absolute Gasteiger partial charge is 0.486 e. The van der Waals surface area contributed by atoms with Crippen molar-refractivity contribution in [1.29, 1.82) is 0 Å². The number of aryl methyl sites for hydroxylation is 1. The lowest BCUT2D eigenvalue weighted by molar-refractivity contribution is -0.00616. The summed E-state index contributed by atoms with van der Waals surface area (Å²) in [4.78, 5) is 27.3. The molecule has 1 fully saturated rings. The van der Waals surface area contributed by atoms with Crippen LogP contribution < -0.4 is 4.74 Å². The average Bonchev–Trinajstić information content (AvgIpc) is 2.64. The molecule has 0 saturated carbocycles. The van der Waals surface area contributed by atoms with Gasteiger partial charge in [0.25, 0.3) is 5.91 Å². The number of Topliss-reactive ketones (excluding diaryl/α,β-unsaturated/α-hetero) is 1. The van der Waals surface area contributed by atoms with Crippen molar-refractivity contribution in [2.45, 2.75) is 31.8 Å². The molecule has 0 aliphatic carbocycles. The number of halogens is 2. The molecule has 2 aromatic carbocycles. The van der Waals surface area contributed by atoms with Gasteiger partial charge in [0.05, 0.1) is 12.0 Å². The number of amides is 1. The van der Waals surface area contributed by atoms with Crippen LogP contribution in [0.15, 0.2) is 40.9 Å². The zero-order chi connectivity index (χ0) is 19.2. The lowest BCUT2D eigenvalue weighted by atomic mass is 9.82. The van der Waals surface area contributed by atoms with E-state index >= 15 is 0 Å². The topological polar surface area (TPSA) is 46.6 Å². The minimum atomic E-state index is -0.529. The van der Waals surface area contributed by atoms with Crippen molar-refractivity contribution >= 4 is 39.2 Å². The molecular weight excluding hydrogens is 430 g/mol. The third kappa shape index (κ3) is 3.50. The summed E-state index contributed by atoms with van der Waals surface area (Å²) in [5.41, 5.74) is 1.59. The van der Waals surface area contributed by atoms with Gasteiger partial charge in [-0.15, -0.1) is 0 Å². The van der Waals surface area contributed by atoms with Crippen molar-refractivity contribution in [1.82, 2.24) is 4.90 Å². The fraction of sp³-hybridized carbons (Fsp3) is 0.333. The summed E-state index contributed by atoms with van der Waals surface area (Å²) in [7, 11) is 0. The molecule has 6 heteroatoms. The molecule has 27 heavy (non-hydrogen) atoms. The van der Waals surface area contributed by atoms with E-state index in [0.29, 0.717) is 54.3 Å².